The van der Waals surface area contributed by atoms with Crippen LogP contribution in [0.25, 0.3) is 0 Å². The second-order valence-electron chi connectivity index (χ2n) is 7.78. The second kappa shape index (κ2) is 7.84. The van der Waals surface area contributed by atoms with Crippen molar-refractivity contribution < 1.29 is 28.0 Å². The minimum absolute atomic E-state index is 0.0110. The number of rotatable bonds is 9. The zero-order chi connectivity index (χ0) is 21.4. The number of hydrogen-bond acceptors (Lipinski definition) is 7. The van der Waals surface area contributed by atoms with Crippen LogP contribution in [0.1, 0.15) is 31.0 Å². The topological polar surface area (TPSA) is 116 Å². The Morgan fingerprint density at radius 1 is 1.20 bits per heavy atom. The van der Waals surface area contributed by atoms with E-state index in [0.717, 1.165) is 6.07 Å². The summed E-state index contributed by atoms with van der Waals surface area (Å²) >= 11 is 5.61. The molecule has 0 saturated heterocycles. The number of halogens is 2. The average molecular weight is 439 g/mol. The highest BCUT2D eigenvalue weighted by atomic mass is 35.5. The highest BCUT2D eigenvalue weighted by Gasteiger charge is 2.69. The minimum Gasteiger partial charge on any atom is -0.484 e. The Bertz CT molecular complexity index is 962. The van der Waals surface area contributed by atoms with Gasteiger partial charge in [-0.15, -0.1) is 0 Å². The number of carbonyl (C=O) groups is 2. The van der Waals surface area contributed by atoms with Crippen molar-refractivity contribution in [3.05, 3.63) is 40.8 Å². The lowest BCUT2D eigenvalue weighted by molar-refractivity contribution is -0.152. The summed E-state index contributed by atoms with van der Waals surface area (Å²) in [6, 6.07) is 3.99. The van der Waals surface area contributed by atoms with Crippen LogP contribution < -0.4 is 15.4 Å². The molecule has 1 heterocycles. The number of aromatic nitrogens is 2. The van der Waals surface area contributed by atoms with E-state index in [9.17, 15) is 14.0 Å². The molecule has 11 heteroatoms. The third kappa shape index (κ3) is 4.39. The average Bonchev–Trinajstić information content (AvgIpc) is 3.05. The Morgan fingerprint density at radius 2 is 1.87 bits per heavy atom. The molecule has 3 aliphatic carbocycles. The van der Waals surface area contributed by atoms with Gasteiger partial charge in [-0.1, -0.05) is 16.8 Å². The van der Waals surface area contributed by atoms with Gasteiger partial charge in [0, 0.05) is 17.1 Å². The van der Waals surface area contributed by atoms with Gasteiger partial charge in [0.1, 0.15) is 24.8 Å². The van der Waals surface area contributed by atoms with Crippen molar-refractivity contribution in [2.75, 3.05) is 13.2 Å². The molecule has 2 N–H and O–H groups in total. The van der Waals surface area contributed by atoms with Gasteiger partial charge < -0.3 is 24.6 Å². The van der Waals surface area contributed by atoms with Gasteiger partial charge in [0.15, 0.2) is 12.4 Å². The van der Waals surface area contributed by atoms with Gasteiger partial charge >= 0.3 is 0 Å². The van der Waals surface area contributed by atoms with Crippen molar-refractivity contribution in [2.24, 2.45) is 0 Å². The minimum atomic E-state index is -0.608. The summed E-state index contributed by atoms with van der Waals surface area (Å²) in [5.41, 5.74) is -0.615. The Hall–Kier alpha value is -2.72. The molecule has 160 valence electrons. The van der Waals surface area contributed by atoms with Gasteiger partial charge in [0.25, 0.3) is 11.8 Å². The third-order valence-electron chi connectivity index (χ3n) is 5.13. The van der Waals surface area contributed by atoms with Crippen LogP contribution in [0.3, 0.4) is 0 Å². The van der Waals surface area contributed by atoms with Gasteiger partial charge in [0.2, 0.25) is 5.91 Å². The third-order valence-corrected chi connectivity index (χ3v) is 5.44. The molecular formula is C19H20ClFN4O5. The summed E-state index contributed by atoms with van der Waals surface area (Å²) in [6.07, 6.45) is 1.95. The van der Waals surface area contributed by atoms with Crippen molar-refractivity contribution in [1.82, 2.24) is 20.8 Å². The summed E-state index contributed by atoms with van der Waals surface area (Å²) in [7, 11) is 0. The van der Waals surface area contributed by atoms with Crippen molar-refractivity contribution in [1.29, 1.82) is 0 Å². The zero-order valence-electron chi connectivity index (χ0n) is 16.2. The monoisotopic (exact) mass is 438 g/mol. The van der Waals surface area contributed by atoms with Gasteiger partial charge in [-0.3, -0.25) is 9.59 Å². The Kier molecular flexibility index (Phi) is 5.37. The van der Waals surface area contributed by atoms with Crippen LogP contribution in [0.5, 0.6) is 5.75 Å². The quantitative estimate of drug-likeness (QED) is 0.611. The van der Waals surface area contributed by atoms with E-state index in [1.54, 1.807) is 6.92 Å². The van der Waals surface area contributed by atoms with Crippen LogP contribution in [-0.2, 0) is 20.9 Å². The lowest BCUT2D eigenvalue weighted by atomic mass is 9.44. The maximum absolute atomic E-state index is 13.4. The Morgan fingerprint density at radius 3 is 2.47 bits per heavy atom. The first-order chi connectivity index (χ1) is 14.3. The van der Waals surface area contributed by atoms with Crippen LogP contribution in [0.15, 0.2) is 22.7 Å². The molecule has 0 radical (unpaired) electrons. The first-order valence-electron chi connectivity index (χ1n) is 9.33. The van der Waals surface area contributed by atoms with Crippen LogP contribution in [0, 0.1) is 12.7 Å². The van der Waals surface area contributed by atoms with Crippen LogP contribution in [-0.4, -0.2) is 46.2 Å². The molecule has 3 aliphatic rings. The zero-order valence-corrected chi connectivity index (χ0v) is 16.9. The molecule has 2 aromatic rings. The fraction of sp³-hybridized carbons (Fsp3) is 0.474. The fourth-order valence-corrected chi connectivity index (χ4v) is 4.18. The number of carbonyl (C=O) groups excluding carboxylic acids is 2. The molecule has 3 saturated carbocycles. The molecule has 5 rings (SSSR count). The second-order valence-corrected chi connectivity index (χ2v) is 8.19. The molecule has 0 unspecified atom stereocenters. The normalized spacial score (nSPS) is 23.8. The predicted octanol–water partition coefficient (Wildman–Crippen LogP) is 1.67. The summed E-state index contributed by atoms with van der Waals surface area (Å²) < 4.78 is 28.9. The van der Waals surface area contributed by atoms with E-state index < -0.39 is 5.82 Å². The SMILES string of the molecule is Cc1noc(COCC(=O)NC23CC(NC(=O)COc4ccc(Cl)c(F)c4)(C2)C3)n1. The first-order valence-corrected chi connectivity index (χ1v) is 9.71. The standard InChI is InChI=1S/C19H20ClFN4O5/c1-11-22-17(30-25-11)7-28-5-15(26)23-18-8-19(9-18,10-18)24-16(27)6-29-12-2-3-13(20)14(21)4-12/h2-4H,5-10H2,1H3,(H,23,26)(H,24,27). The fourth-order valence-electron chi connectivity index (χ4n) is 4.06. The largest absolute Gasteiger partial charge is 0.484 e. The molecule has 1 aromatic carbocycles. The highest BCUT2D eigenvalue weighted by molar-refractivity contribution is 6.30. The number of nitrogens with zero attached hydrogens (tertiary/aromatic N) is 2. The summed E-state index contributed by atoms with van der Waals surface area (Å²) in [5, 5.41) is 9.50. The van der Waals surface area contributed by atoms with Gasteiger partial charge in [-0.25, -0.2) is 4.39 Å². The number of aryl methyl sites for hydroxylation is 1. The van der Waals surface area contributed by atoms with Crippen molar-refractivity contribution >= 4 is 23.4 Å². The Labute approximate surface area is 176 Å². The van der Waals surface area contributed by atoms with Gasteiger partial charge in [-0.2, -0.15) is 4.98 Å². The molecule has 3 fully saturated rings. The molecule has 0 spiro atoms. The number of amides is 2. The number of ether oxygens (including phenoxy) is 2. The van der Waals surface area contributed by atoms with Crippen LogP contribution in [0.4, 0.5) is 4.39 Å². The van der Waals surface area contributed by atoms with E-state index in [1.165, 1.54) is 12.1 Å². The molecule has 1 aromatic heterocycles. The molecule has 0 atom stereocenters. The lowest BCUT2D eigenvalue weighted by Crippen LogP contribution is -2.84. The summed E-state index contributed by atoms with van der Waals surface area (Å²) in [6.45, 7) is 1.42. The van der Waals surface area contributed by atoms with E-state index in [1.807, 2.05) is 0 Å². The molecule has 9 nitrogen and oxygen atoms in total. The number of nitrogens with one attached hydrogen (secondary N) is 2. The molecule has 30 heavy (non-hydrogen) atoms. The van der Waals surface area contributed by atoms with Crippen molar-refractivity contribution in [3.63, 3.8) is 0 Å². The highest BCUT2D eigenvalue weighted by Crippen LogP contribution is 2.60. The van der Waals surface area contributed by atoms with E-state index in [4.69, 9.17) is 25.6 Å². The van der Waals surface area contributed by atoms with E-state index in [2.05, 4.69) is 20.8 Å². The van der Waals surface area contributed by atoms with E-state index in [-0.39, 0.29) is 53.5 Å². The van der Waals surface area contributed by atoms with E-state index in [0.29, 0.717) is 31.0 Å². The number of benzene rings is 1. The summed E-state index contributed by atoms with van der Waals surface area (Å²) in [4.78, 5) is 28.2. The van der Waals surface area contributed by atoms with E-state index >= 15 is 0 Å². The lowest BCUT2D eigenvalue weighted by Gasteiger charge is -2.70. The Balaban J connectivity index is 1.14. The number of hydrogen-bond donors (Lipinski definition) is 2. The summed E-state index contributed by atoms with van der Waals surface area (Å²) in [5.74, 6) is -0.102. The molecule has 0 aliphatic heterocycles. The molecular weight excluding hydrogens is 419 g/mol. The molecule has 2 amide bonds. The smallest absolute Gasteiger partial charge is 0.258 e. The van der Waals surface area contributed by atoms with Gasteiger partial charge in [0.05, 0.1) is 5.02 Å². The maximum Gasteiger partial charge on any atom is 0.258 e. The first kappa shape index (κ1) is 20.5. The maximum atomic E-state index is 13.4. The van der Waals surface area contributed by atoms with Gasteiger partial charge in [-0.05, 0) is 38.3 Å². The predicted molar refractivity (Wildman–Crippen MR) is 101 cm³/mol. The van der Waals surface area contributed by atoms with Crippen molar-refractivity contribution in [3.8, 4) is 5.75 Å². The van der Waals surface area contributed by atoms with Crippen LogP contribution in [0.2, 0.25) is 5.02 Å². The van der Waals surface area contributed by atoms with Crippen LogP contribution >= 0.6 is 11.6 Å². The molecule has 2 bridgehead atoms. The van der Waals surface area contributed by atoms with Crippen molar-refractivity contribution in [2.45, 2.75) is 43.9 Å².